The maximum atomic E-state index is 12.4. The number of hydrogen-bond acceptors (Lipinski definition) is 2. The van der Waals surface area contributed by atoms with E-state index < -0.39 is 0 Å². The van der Waals surface area contributed by atoms with Crippen molar-refractivity contribution in [3.63, 3.8) is 0 Å². The minimum absolute atomic E-state index is 0.0435. The predicted molar refractivity (Wildman–Crippen MR) is 84.5 cm³/mol. The van der Waals surface area contributed by atoms with E-state index in [0.717, 1.165) is 35.3 Å². The summed E-state index contributed by atoms with van der Waals surface area (Å²) >= 11 is 0. The number of benzene rings is 1. The normalized spacial score (nSPS) is 17.6. The highest BCUT2D eigenvalue weighted by molar-refractivity contribution is 5.93. The minimum atomic E-state index is -0.0435. The largest absolute Gasteiger partial charge is 0.461 e. The van der Waals surface area contributed by atoms with Gasteiger partial charge in [-0.15, -0.1) is 0 Å². The lowest BCUT2D eigenvalue weighted by atomic mass is 10.2. The molecule has 1 atom stereocenters. The number of rotatable bonds is 3. The number of carbonyl (C=O) groups is 1. The summed E-state index contributed by atoms with van der Waals surface area (Å²) in [5.41, 5.74) is 1.65. The predicted octanol–water partition coefficient (Wildman–Crippen LogP) is 4.31. The van der Waals surface area contributed by atoms with Crippen LogP contribution in [0, 0.1) is 6.92 Å². The van der Waals surface area contributed by atoms with Crippen molar-refractivity contribution in [1.29, 1.82) is 0 Å². The quantitative estimate of drug-likeness (QED) is 0.853. The third kappa shape index (κ3) is 2.79. The van der Waals surface area contributed by atoms with Gasteiger partial charge in [-0.3, -0.25) is 0 Å². The Hall–Kier alpha value is -2.23. The number of amides is 2. The van der Waals surface area contributed by atoms with Gasteiger partial charge in [0.05, 0.1) is 6.04 Å². The molecule has 4 heteroatoms. The zero-order valence-electron chi connectivity index (χ0n) is 12.4. The Morgan fingerprint density at radius 1 is 1.43 bits per heavy atom. The van der Waals surface area contributed by atoms with E-state index in [1.807, 2.05) is 36.1 Å². The van der Waals surface area contributed by atoms with E-state index in [0.29, 0.717) is 6.54 Å². The van der Waals surface area contributed by atoms with Crippen molar-refractivity contribution in [1.82, 2.24) is 4.90 Å². The maximum Gasteiger partial charge on any atom is 0.322 e. The molecule has 0 unspecified atom stereocenters. The summed E-state index contributed by atoms with van der Waals surface area (Å²) in [6, 6.07) is 7.86. The standard InChI is InChI=1S/C17H20N2O2/c1-3-5-15-6-4-9-19(15)17(20)18-14-7-8-16-13(11-14)10-12(2)21-16/h4,6-8,10-11,15H,3,5,9H2,1-2H3,(H,18,20)/t15-/m1/s1. The average molecular weight is 284 g/mol. The first-order valence-corrected chi connectivity index (χ1v) is 7.42. The Morgan fingerprint density at radius 2 is 2.29 bits per heavy atom. The summed E-state index contributed by atoms with van der Waals surface area (Å²) < 4.78 is 5.54. The van der Waals surface area contributed by atoms with E-state index in [1.54, 1.807) is 0 Å². The second-order valence-corrected chi connectivity index (χ2v) is 5.48. The number of carbonyl (C=O) groups excluding carboxylic acids is 1. The molecule has 4 nitrogen and oxygen atoms in total. The van der Waals surface area contributed by atoms with Crippen LogP contribution in [0.3, 0.4) is 0 Å². The second-order valence-electron chi connectivity index (χ2n) is 5.48. The Balaban J connectivity index is 1.73. The van der Waals surface area contributed by atoms with Crippen molar-refractivity contribution < 1.29 is 9.21 Å². The molecule has 110 valence electrons. The highest BCUT2D eigenvalue weighted by atomic mass is 16.3. The molecule has 0 spiro atoms. The van der Waals surface area contributed by atoms with Crippen LogP contribution in [0.1, 0.15) is 25.5 Å². The summed E-state index contributed by atoms with van der Waals surface area (Å²) in [5.74, 6) is 0.875. The van der Waals surface area contributed by atoms with E-state index in [2.05, 4.69) is 24.4 Å². The molecular formula is C17H20N2O2. The van der Waals surface area contributed by atoms with Gasteiger partial charge >= 0.3 is 6.03 Å². The van der Waals surface area contributed by atoms with E-state index in [-0.39, 0.29) is 12.1 Å². The van der Waals surface area contributed by atoms with Crippen LogP contribution < -0.4 is 5.32 Å². The molecule has 2 amide bonds. The fourth-order valence-corrected chi connectivity index (χ4v) is 2.80. The fourth-order valence-electron chi connectivity index (χ4n) is 2.80. The van der Waals surface area contributed by atoms with Gasteiger partial charge in [0, 0.05) is 17.6 Å². The van der Waals surface area contributed by atoms with Crippen LogP contribution in [0.5, 0.6) is 0 Å². The zero-order chi connectivity index (χ0) is 14.8. The Bertz CT molecular complexity index is 687. The summed E-state index contributed by atoms with van der Waals surface area (Å²) in [5, 5.41) is 3.99. The number of furan rings is 1. The highest BCUT2D eigenvalue weighted by Crippen LogP contribution is 2.23. The number of urea groups is 1. The molecule has 1 aliphatic heterocycles. The average Bonchev–Trinajstić information content (AvgIpc) is 3.04. The molecular weight excluding hydrogens is 264 g/mol. The minimum Gasteiger partial charge on any atom is -0.461 e. The summed E-state index contributed by atoms with van der Waals surface area (Å²) in [7, 11) is 0. The van der Waals surface area contributed by atoms with Gasteiger partial charge in [0.1, 0.15) is 11.3 Å². The van der Waals surface area contributed by atoms with Crippen molar-refractivity contribution in [3.05, 3.63) is 42.2 Å². The number of aryl methyl sites for hydroxylation is 1. The molecule has 0 fully saturated rings. The molecule has 0 bridgehead atoms. The number of hydrogen-bond donors (Lipinski definition) is 1. The molecule has 21 heavy (non-hydrogen) atoms. The van der Waals surface area contributed by atoms with Crippen molar-refractivity contribution >= 4 is 22.7 Å². The van der Waals surface area contributed by atoms with Crippen molar-refractivity contribution in [2.24, 2.45) is 0 Å². The van der Waals surface area contributed by atoms with Gasteiger partial charge in [-0.1, -0.05) is 25.5 Å². The topological polar surface area (TPSA) is 45.5 Å². The van der Waals surface area contributed by atoms with Gasteiger partial charge in [-0.05, 0) is 37.6 Å². The fraction of sp³-hybridized carbons (Fsp3) is 0.353. The lowest BCUT2D eigenvalue weighted by molar-refractivity contribution is 0.208. The summed E-state index contributed by atoms with van der Waals surface area (Å²) in [6.45, 7) is 4.74. The molecule has 1 aliphatic rings. The number of anilines is 1. The summed E-state index contributed by atoms with van der Waals surface area (Å²) in [6.07, 6.45) is 6.25. The number of nitrogens with one attached hydrogen (secondary N) is 1. The first-order chi connectivity index (χ1) is 10.2. The summed E-state index contributed by atoms with van der Waals surface area (Å²) in [4.78, 5) is 14.3. The molecule has 0 radical (unpaired) electrons. The smallest absolute Gasteiger partial charge is 0.322 e. The Morgan fingerprint density at radius 3 is 3.10 bits per heavy atom. The Kier molecular flexibility index (Phi) is 3.69. The highest BCUT2D eigenvalue weighted by Gasteiger charge is 2.23. The van der Waals surface area contributed by atoms with Gasteiger partial charge in [0.25, 0.3) is 0 Å². The van der Waals surface area contributed by atoms with Crippen LogP contribution in [0.25, 0.3) is 11.0 Å². The van der Waals surface area contributed by atoms with Crippen LogP contribution in [-0.4, -0.2) is 23.5 Å². The van der Waals surface area contributed by atoms with Crippen LogP contribution in [0.4, 0.5) is 10.5 Å². The Labute approximate surface area is 124 Å². The first kappa shape index (κ1) is 13.7. The maximum absolute atomic E-state index is 12.4. The molecule has 0 saturated heterocycles. The molecule has 2 heterocycles. The van der Waals surface area contributed by atoms with E-state index in [9.17, 15) is 4.79 Å². The van der Waals surface area contributed by atoms with Gasteiger partial charge in [-0.25, -0.2) is 4.79 Å². The van der Waals surface area contributed by atoms with Crippen molar-refractivity contribution in [2.45, 2.75) is 32.7 Å². The second kappa shape index (κ2) is 5.64. The third-order valence-electron chi connectivity index (χ3n) is 3.80. The molecule has 1 aromatic heterocycles. The van der Waals surface area contributed by atoms with Crippen LogP contribution in [0.15, 0.2) is 40.8 Å². The molecule has 0 saturated carbocycles. The van der Waals surface area contributed by atoms with Gasteiger partial charge < -0.3 is 14.6 Å². The van der Waals surface area contributed by atoms with E-state index in [4.69, 9.17) is 4.42 Å². The van der Waals surface area contributed by atoms with Gasteiger partial charge in [-0.2, -0.15) is 0 Å². The molecule has 1 aromatic carbocycles. The number of nitrogens with zero attached hydrogens (tertiary/aromatic N) is 1. The van der Waals surface area contributed by atoms with Crippen molar-refractivity contribution in [2.75, 3.05) is 11.9 Å². The third-order valence-corrected chi connectivity index (χ3v) is 3.80. The molecule has 3 rings (SSSR count). The lowest BCUT2D eigenvalue weighted by Gasteiger charge is -2.24. The zero-order valence-corrected chi connectivity index (χ0v) is 12.4. The lowest BCUT2D eigenvalue weighted by Crippen LogP contribution is -2.39. The van der Waals surface area contributed by atoms with Crippen LogP contribution in [-0.2, 0) is 0 Å². The van der Waals surface area contributed by atoms with E-state index >= 15 is 0 Å². The molecule has 2 aromatic rings. The first-order valence-electron chi connectivity index (χ1n) is 7.42. The number of fused-ring (bicyclic) bond motifs is 1. The molecule has 0 aliphatic carbocycles. The van der Waals surface area contributed by atoms with Crippen LogP contribution in [0.2, 0.25) is 0 Å². The monoisotopic (exact) mass is 284 g/mol. The van der Waals surface area contributed by atoms with E-state index in [1.165, 1.54) is 0 Å². The van der Waals surface area contributed by atoms with Crippen LogP contribution >= 0.6 is 0 Å². The SMILES string of the molecule is CCC[C@@H]1C=CCN1C(=O)Nc1ccc2oc(C)cc2c1. The van der Waals surface area contributed by atoms with Crippen molar-refractivity contribution in [3.8, 4) is 0 Å². The molecule has 1 N–H and O–H groups in total. The van der Waals surface area contributed by atoms with Gasteiger partial charge in [0.15, 0.2) is 0 Å². The van der Waals surface area contributed by atoms with Gasteiger partial charge in [0.2, 0.25) is 0 Å².